The molecular formula is C19H23NO3S. The molecule has 3 rings (SSSR count). The fourth-order valence-electron chi connectivity index (χ4n) is 3.46. The van der Waals surface area contributed by atoms with Crippen LogP contribution in [0.5, 0.6) is 5.75 Å². The minimum atomic E-state index is -3.30. The second kappa shape index (κ2) is 6.95. The Bertz CT molecular complexity index is 803. The molecule has 0 saturated heterocycles. The summed E-state index contributed by atoms with van der Waals surface area (Å²) in [6, 6.07) is 15.4. The zero-order valence-electron chi connectivity index (χ0n) is 14.1. The molecule has 0 N–H and O–H groups in total. The average molecular weight is 345 g/mol. The van der Waals surface area contributed by atoms with Gasteiger partial charge in [0.25, 0.3) is 0 Å². The van der Waals surface area contributed by atoms with Crippen molar-refractivity contribution < 1.29 is 13.2 Å². The largest absolute Gasteiger partial charge is 0.496 e. The van der Waals surface area contributed by atoms with Gasteiger partial charge in [-0.2, -0.15) is 4.31 Å². The van der Waals surface area contributed by atoms with E-state index in [0.29, 0.717) is 19.4 Å². The van der Waals surface area contributed by atoms with Crippen molar-refractivity contribution in [1.82, 2.24) is 4.31 Å². The van der Waals surface area contributed by atoms with Gasteiger partial charge in [0.15, 0.2) is 0 Å². The van der Waals surface area contributed by atoms with Crippen molar-refractivity contribution in [3.63, 3.8) is 0 Å². The van der Waals surface area contributed by atoms with Crippen LogP contribution in [0.25, 0.3) is 0 Å². The van der Waals surface area contributed by atoms with Gasteiger partial charge in [-0.15, -0.1) is 0 Å². The summed E-state index contributed by atoms with van der Waals surface area (Å²) in [5.41, 5.74) is 3.12. The van der Waals surface area contributed by atoms with E-state index in [0.717, 1.165) is 22.4 Å². The van der Waals surface area contributed by atoms with Crippen LogP contribution in [0, 0.1) is 0 Å². The summed E-state index contributed by atoms with van der Waals surface area (Å²) >= 11 is 0. The number of sulfonamides is 1. The number of hydrogen-bond donors (Lipinski definition) is 0. The number of hydrogen-bond acceptors (Lipinski definition) is 3. The van der Waals surface area contributed by atoms with Crippen molar-refractivity contribution in [2.24, 2.45) is 0 Å². The number of rotatable bonds is 5. The number of nitrogens with zero attached hydrogens (tertiary/aromatic N) is 1. The molecule has 0 saturated carbocycles. The first-order valence-electron chi connectivity index (χ1n) is 8.28. The van der Waals surface area contributed by atoms with Gasteiger partial charge in [0.2, 0.25) is 10.0 Å². The molecule has 0 radical (unpaired) electrons. The van der Waals surface area contributed by atoms with Crippen molar-refractivity contribution in [3.05, 3.63) is 65.2 Å². The highest BCUT2D eigenvalue weighted by molar-refractivity contribution is 7.89. The smallest absolute Gasteiger partial charge is 0.214 e. The topological polar surface area (TPSA) is 46.6 Å². The van der Waals surface area contributed by atoms with Gasteiger partial charge in [-0.05, 0) is 30.0 Å². The van der Waals surface area contributed by atoms with Crippen molar-refractivity contribution in [3.8, 4) is 5.75 Å². The fraction of sp³-hybridized carbons (Fsp3) is 0.368. The van der Waals surface area contributed by atoms with Crippen LogP contribution >= 0.6 is 0 Å². The molecule has 0 bridgehead atoms. The van der Waals surface area contributed by atoms with E-state index >= 15 is 0 Å². The SMILES string of the molecule is CCCS(=O)(=O)N1CCc2c(OC)cccc2C1c1ccccc1. The fourth-order valence-corrected chi connectivity index (χ4v) is 5.14. The standard InChI is InChI=1S/C19H23NO3S/c1-3-14-24(21,22)20-13-12-16-17(10-7-11-18(16)23-2)19(20)15-8-5-4-6-9-15/h4-11,19H,3,12-14H2,1-2H3. The molecule has 1 atom stereocenters. The predicted octanol–water partition coefficient (Wildman–Crippen LogP) is 3.38. The van der Waals surface area contributed by atoms with E-state index in [4.69, 9.17) is 4.74 Å². The molecule has 0 aromatic heterocycles. The Balaban J connectivity index is 2.16. The Labute approximate surface area is 144 Å². The first kappa shape index (κ1) is 17.0. The molecule has 128 valence electrons. The molecule has 1 heterocycles. The quantitative estimate of drug-likeness (QED) is 0.834. The monoisotopic (exact) mass is 345 g/mol. The minimum Gasteiger partial charge on any atom is -0.496 e. The third-order valence-electron chi connectivity index (χ3n) is 4.49. The summed E-state index contributed by atoms with van der Waals surface area (Å²) in [5.74, 6) is 1.01. The maximum Gasteiger partial charge on any atom is 0.214 e. The zero-order valence-corrected chi connectivity index (χ0v) is 14.9. The van der Waals surface area contributed by atoms with Crippen LogP contribution < -0.4 is 4.74 Å². The van der Waals surface area contributed by atoms with E-state index < -0.39 is 10.0 Å². The van der Waals surface area contributed by atoms with E-state index in [1.165, 1.54) is 0 Å². The average Bonchev–Trinajstić information content (AvgIpc) is 2.60. The molecular weight excluding hydrogens is 322 g/mol. The van der Waals surface area contributed by atoms with E-state index in [1.54, 1.807) is 11.4 Å². The maximum atomic E-state index is 12.8. The third kappa shape index (κ3) is 3.06. The molecule has 2 aromatic rings. The van der Waals surface area contributed by atoms with Gasteiger partial charge >= 0.3 is 0 Å². The van der Waals surface area contributed by atoms with Crippen LogP contribution in [0.4, 0.5) is 0 Å². The van der Waals surface area contributed by atoms with Gasteiger partial charge in [0, 0.05) is 12.1 Å². The minimum absolute atomic E-state index is 0.176. The molecule has 0 spiro atoms. The van der Waals surface area contributed by atoms with Crippen LogP contribution in [-0.4, -0.2) is 32.1 Å². The molecule has 0 amide bonds. The van der Waals surface area contributed by atoms with E-state index in [-0.39, 0.29) is 11.8 Å². The van der Waals surface area contributed by atoms with Crippen LogP contribution in [0.1, 0.15) is 36.1 Å². The predicted molar refractivity (Wildman–Crippen MR) is 95.8 cm³/mol. The van der Waals surface area contributed by atoms with E-state index in [9.17, 15) is 8.42 Å². The summed E-state index contributed by atoms with van der Waals surface area (Å²) < 4.78 is 32.8. The van der Waals surface area contributed by atoms with Gasteiger partial charge in [-0.3, -0.25) is 0 Å². The molecule has 0 aliphatic carbocycles. The molecule has 2 aromatic carbocycles. The molecule has 1 aliphatic heterocycles. The van der Waals surface area contributed by atoms with Gasteiger partial charge in [0.1, 0.15) is 5.75 Å². The summed E-state index contributed by atoms with van der Waals surface area (Å²) in [6.45, 7) is 2.38. The highest BCUT2D eigenvalue weighted by atomic mass is 32.2. The molecule has 1 unspecified atom stereocenters. The lowest BCUT2D eigenvalue weighted by Gasteiger charge is -2.37. The van der Waals surface area contributed by atoms with Crippen molar-refractivity contribution in [2.75, 3.05) is 19.4 Å². The summed E-state index contributed by atoms with van der Waals surface area (Å²) in [5, 5.41) is 0. The second-order valence-corrected chi connectivity index (χ2v) is 8.06. The van der Waals surface area contributed by atoms with Crippen LogP contribution in [-0.2, 0) is 16.4 Å². The number of methoxy groups -OCH3 is 1. The molecule has 5 heteroatoms. The van der Waals surface area contributed by atoms with Crippen molar-refractivity contribution in [1.29, 1.82) is 0 Å². The Morgan fingerprint density at radius 3 is 2.54 bits per heavy atom. The van der Waals surface area contributed by atoms with Gasteiger partial charge in [-0.25, -0.2) is 8.42 Å². The molecule has 1 aliphatic rings. The van der Waals surface area contributed by atoms with Crippen molar-refractivity contribution >= 4 is 10.0 Å². The molecule has 0 fully saturated rings. The molecule has 4 nitrogen and oxygen atoms in total. The summed E-state index contributed by atoms with van der Waals surface area (Å²) in [7, 11) is -1.64. The highest BCUT2D eigenvalue weighted by Crippen LogP contribution is 2.40. The lowest BCUT2D eigenvalue weighted by Crippen LogP contribution is -2.41. The van der Waals surface area contributed by atoms with Gasteiger partial charge in [-0.1, -0.05) is 49.4 Å². The zero-order chi connectivity index (χ0) is 17.2. The van der Waals surface area contributed by atoms with Crippen LogP contribution in [0.15, 0.2) is 48.5 Å². The Morgan fingerprint density at radius 1 is 1.12 bits per heavy atom. The summed E-state index contributed by atoms with van der Waals surface area (Å²) in [6.07, 6.45) is 1.29. The Hall–Kier alpha value is -1.85. The Morgan fingerprint density at radius 2 is 1.88 bits per heavy atom. The molecule has 24 heavy (non-hydrogen) atoms. The lowest BCUT2D eigenvalue weighted by molar-refractivity contribution is 0.334. The van der Waals surface area contributed by atoms with Crippen molar-refractivity contribution in [2.45, 2.75) is 25.8 Å². The van der Waals surface area contributed by atoms with Crippen LogP contribution in [0.2, 0.25) is 0 Å². The maximum absolute atomic E-state index is 12.8. The van der Waals surface area contributed by atoms with Gasteiger partial charge in [0.05, 0.1) is 18.9 Å². The van der Waals surface area contributed by atoms with Crippen LogP contribution in [0.3, 0.4) is 0 Å². The highest BCUT2D eigenvalue weighted by Gasteiger charge is 2.36. The van der Waals surface area contributed by atoms with E-state index in [1.807, 2.05) is 55.5 Å². The third-order valence-corrected chi connectivity index (χ3v) is 6.52. The van der Waals surface area contributed by atoms with Gasteiger partial charge < -0.3 is 4.74 Å². The first-order valence-corrected chi connectivity index (χ1v) is 9.89. The Kier molecular flexibility index (Phi) is 4.92. The number of fused-ring (bicyclic) bond motifs is 1. The number of ether oxygens (including phenoxy) is 1. The first-order chi connectivity index (χ1) is 11.6. The second-order valence-electron chi connectivity index (χ2n) is 6.02. The lowest BCUT2D eigenvalue weighted by atomic mass is 9.89. The summed E-state index contributed by atoms with van der Waals surface area (Å²) in [4.78, 5) is 0. The van der Waals surface area contributed by atoms with E-state index in [2.05, 4.69) is 0 Å². The normalized spacial score (nSPS) is 18.2. The number of benzene rings is 2.